The molecule has 1 aliphatic heterocycles. The summed E-state index contributed by atoms with van der Waals surface area (Å²) in [4.78, 5) is 0. The molecule has 82 valence electrons. The lowest BCUT2D eigenvalue weighted by atomic mass is 9.95. The van der Waals surface area contributed by atoms with Crippen LogP contribution in [-0.4, -0.2) is 31.2 Å². The molecular weight excluding hydrogens is 184 g/mol. The first kappa shape index (κ1) is 11.7. The summed E-state index contributed by atoms with van der Waals surface area (Å²) in [6, 6.07) is 0. The van der Waals surface area contributed by atoms with Crippen molar-refractivity contribution in [2.24, 2.45) is 5.41 Å². The van der Waals surface area contributed by atoms with Gasteiger partial charge in [-0.05, 0) is 13.0 Å². The SMILES string of the molecule is CC(=CCO)C1OCC(C)(C)C[O+]1[O-]. The maximum atomic E-state index is 11.5. The molecule has 1 fully saturated rings. The van der Waals surface area contributed by atoms with Crippen LogP contribution >= 0.6 is 0 Å². The molecule has 0 spiro atoms. The van der Waals surface area contributed by atoms with Gasteiger partial charge in [0, 0.05) is 5.57 Å². The largest absolute Gasteiger partial charge is 0.532 e. The van der Waals surface area contributed by atoms with E-state index in [1.807, 2.05) is 13.8 Å². The van der Waals surface area contributed by atoms with Crippen molar-refractivity contribution in [3.8, 4) is 0 Å². The van der Waals surface area contributed by atoms with Crippen molar-refractivity contribution in [2.75, 3.05) is 19.8 Å². The average molecular weight is 202 g/mol. The minimum atomic E-state index is -0.602. The van der Waals surface area contributed by atoms with Crippen molar-refractivity contribution < 1.29 is 19.6 Å². The fourth-order valence-corrected chi connectivity index (χ4v) is 1.46. The quantitative estimate of drug-likeness (QED) is 0.393. The zero-order valence-corrected chi connectivity index (χ0v) is 8.95. The van der Waals surface area contributed by atoms with Gasteiger partial charge >= 0.3 is 0 Å². The zero-order valence-electron chi connectivity index (χ0n) is 8.95. The molecule has 14 heavy (non-hydrogen) atoms. The highest BCUT2D eigenvalue weighted by atomic mass is 17.2. The third-order valence-electron chi connectivity index (χ3n) is 2.18. The van der Waals surface area contributed by atoms with Crippen molar-refractivity contribution in [2.45, 2.75) is 27.1 Å². The van der Waals surface area contributed by atoms with Crippen LogP contribution in [0.4, 0.5) is 0 Å². The highest BCUT2D eigenvalue weighted by molar-refractivity contribution is 5.03. The van der Waals surface area contributed by atoms with Crippen LogP contribution < -0.4 is 5.26 Å². The molecule has 1 rings (SSSR count). The van der Waals surface area contributed by atoms with Crippen molar-refractivity contribution in [1.29, 1.82) is 0 Å². The molecule has 0 aromatic heterocycles. The second-order valence-electron chi connectivity index (χ2n) is 4.46. The molecule has 1 unspecified atom stereocenters. The molecule has 1 N–H and O–H groups in total. The molecule has 0 bridgehead atoms. The van der Waals surface area contributed by atoms with Crippen LogP contribution in [0, 0.1) is 5.41 Å². The Morgan fingerprint density at radius 2 is 2.36 bits per heavy atom. The molecule has 0 amide bonds. The van der Waals surface area contributed by atoms with Crippen LogP contribution in [0.5, 0.6) is 0 Å². The first-order valence-corrected chi connectivity index (χ1v) is 4.72. The van der Waals surface area contributed by atoms with Gasteiger partial charge in [0.05, 0.1) is 18.6 Å². The normalized spacial score (nSPS) is 29.2. The van der Waals surface area contributed by atoms with Crippen molar-refractivity contribution in [3.63, 3.8) is 0 Å². The van der Waals surface area contributed by atoms with Crippen LogP contribution in [0.3, 0.4) is 0 Å². The standard InChI is InChI=1S/C10H18O4/c1-8(4-5-11)9-13-6-10(2,3)7-14(9)12/h4,9,11H,5-7H2,1-3H3. The molecule has 1 saturated heterocycles. The molecule has 1 aliphatic rings. The van der Waals surface area contributed by atoms with E-state index in [2.05, 4.69) is 0 Å². The number of rotatable bonds is 2. The van der Waals surface area contributed by atoms with Gasteiger partial charge in [0.1, 0.15) is 0 Å². The monoisotopic (exact) mass is 202 g/mol. The Balaban J connectivity index is 2.62. The summed E-state index contributed by atoms with van der Waals surface area (Å²) in [5.74, 6) is 0. The van der Waals surface area contributed by atoms with Gasteiger partial charge in [-0.25, -0.2) is 0 Å². The summed E-state index contributed by atoms with van der Waals surface area (Å²) in [5, 5.41) is 20.2. The Morgan fingerprint density at radius 1 is 1.71 bits per heavy atom. The van der Waals surface area contributed by atoms with E-state index in [0.29, 0.717) is 13.2 Å². The Morgan fingerprint density at radius 3 is 2.86 bits per heavy atom. The summed E-state index contributed by atoms with van der Waals surface area (Å²) in [5.41, 5.74) is 0.616. The molecule has 0 aromatic carbocycles. The molecule has 4 nitrogen and oxygen atoms in total. The zero-order chi connectivity index (χ0) is 10.8. The van der Waals surface area contributed by atoms with Gasteiger partial charge < -0.3 is 19.6 Å². The first-order valence-electron chi connectivity index (χ1n) is 4.72. The first-order chi connectivity index (χ1) is 6.46. The lowest BCUT2D eigenvalue weighted by Gasteiger charge is -2.40. The summed E-state index contributed by atoms with van der Waals surface area (Å²) in [6.45, 7) is 6.60. The molecular formula is C10H18O4. The van der Waals surface area contributed by atoms with Crippen LogP contribution in [0.25, 0.3) is 0 Å². The van der Waals surface area contributed by atoms with E-state index in [1.165, 1.54) is 0 Å². The van der Waals surface area contributed by atoms with Crippen LogP contribution in [-0.2, 0) is 9.25 Å². The van der Waals surface area contributed by atoms with E-state index < -0.39 is 6.29 Å². The number of ether oxygens (including phenoxy) is 1. The van der Waals surface area contributed by atoms with Gasteiger partial charge in [-0.15, -0.1) is 0 Å². The molecule has 0 aromatic rings. The van der Waals surface area contributed by atoms with Gasteiger partial charge in [-0.3, -0.25) is 0 Å². The fraction of sp³-hybridized carbons (Fsp3) is 0.800. The van der Waals surface area contributed by atoms with Crippen LogP contribution in [0.15, 0.2) is 11.6 Å². The average Bonchev–Trinajstić information content (AvgIpc) is 2.02. The number of aliphatic hydroxyl groups excluding tert-OH is 1. The number of hydrogen-bond acceptors (Lipinski definition) is 3. The number of aliphatic hydroxyl groups is 1. The maximum Gasteiger partial charge on any atom is 0.294 e. The van der Waals surface area contributed by atoms with Gasteiger partial charge in [0.25, 0.3) is 6.29 Å². The summed E-state index contributed by atoms with van der Waals surface area (Å²) >= 11 is 0. The predicted molar refractivity (Wildman–Crippen MR) is 50.3 cm³/mol. The van der Waals surface area contributed by atoms with E-state index >= 15 is 0 Å². The molecule has 4 heteroatoms. The smallest absolute Gasteiger partial charge is 0.294 e. The van der Waals surface area contributed by atoms with E-state index in [4.69, 9.17) is 9.84 Å². The van der Waals surface area contributed by atoms with Crippen molar-refractivity contribution in [1.82, 2.24) is 0 Å². The highest BCUT2D eigenvalue weighted by Gasteiger charge is 2.36. The van der Waals surface area contributed by atoms with E-state index in [-0.39, 0.29) is 12.0 Å². The van der Waals surface area contributed by atoms with Gasteiger partial charge in [0.2, 0.25) is 0 Å². The lowest BCUT2D eigenvalue weighted by molar-refractivity contribution is -0.828. The summed E-state index contributed by atoms with van der Waals surface area (Å²) in [7, 11) is 0. The van der Waals surface area contributed by atoms with Crippen molar-refractivity contribution in [3.05, 3.63) is 11.6 Å². The fourth-order valence-electron chi connectivity index (χ4n) is 1.46. The molecule has 1 heterocycles. The molecule has 1 atom stereocenters. The summed E-state index contributed by atoms with van der Waals surface area (Å²) < 4.78 is 7.17. The van der Waals surface area contributed by atoms with Gasteiger partial charge in [-0.2, -0.15) is 0 Å². The second kappa shape index (κ2) is 4.40. The molecule has 0 saturated carbocycles. The van der Waals surface area contributed by atoms with Gasteiger partial charge in [-0.1, -0.05) is 13.8 Å². The molecule has 0 aliphatic carbocycles. The topological polar surface area (TPSA) is 55.2 Å². The maximum absolute atomic E-state index is 11.5. The van der Waals surface area contributed by atoms with Crippen molar-refractivity contribution >= 4 is 0 Å². The lowest BCUT2D eigenvalue weighted by Crippen LogP contribution is -2.50. The van der Waals surface area contributed by atoms with Crippen LogP contribution in [0.2, 0.25) is 0 Å². The minimum Gasteiger partial charge on any atom is -0.532 e. The third-order valence-corrected chi connectivity index (χ3v) is 2.18. The van der Waals surface area contributed by atoms with Crippen LogP contribution in [0.1, 0.15) is 20.8 Å². The van der Waals surface area contributed by atoms with Gasteiger partial charge in [0.15, 0.2) is 6.61 Å². The second-order valence-corrected chi connectivity index (χ2v) is 4.46. The molecule has 0 radical (unpaired) electrons. The van der Waals surface area contributed by atoms with E-state index in [0.717, 1.165) is 5.57 Å². The predicted octanol–water partition coefficient (Wildman–Crippen LogP) is 0.135. The Labute approximate surface area is 84.4 Å². The Hall–Kier alpha value is -0.420. The number of hydrogen-bond donors (Lipinski definition) is 1. The minimum absolute atomic E-state index is 0.0660. The Bertz CT molecular complexity index is 222. The Kier molecular flexibility index (Phi) is 3.66. The van der Waals surface area contributed by atoms with E-state index in [9.17, 15) is 5.26 Å². The highest BCUT2D eigenvalue weighted by Crippen LogP contribution is 2.28. The van der Waals surface area contributed by atoms with E-state index in [1.54, 1.807) is 17.5 Å². The third kappa shape index (κ3) is 2.78. The summed E-state index contributed by atoms with van der Waals surface area (Å²) in [6.07, 6.45) is 0.983.